The average Bonchev–Trinajstić information content (AvgIpc) is 3.14. The first kappa shape index (κ1) is 19.5. The molecule has 0 saturated heterocycles. The fourth-order valence-electron chi connectivity index (χ4n) is 2.40. The van der Waals surface area contributed by atoms with Crippen molar-refractivity contribution in [3.8, 4) is 22.8 Å². The van der Waals surface area contributed by atoms with Crippen molar-refractivity contribution in [3.05, 3.63) is 57.4 Å². The number of hydrogen-bond donors (Lipinski definition) is 1. The molecule has 0 saturated carbocycles. The van der Waals surface area contributed by atoms with Gasteiger partial charge in [-0.15, -0.1) is 11.3 Å². The van der Waals surface area contributed by atoms with Gasteiger partial charge in [0.05, 0.1) is 30.6 Å². The zero-order chi connectivity index (χ0) is 19.4. The number of halogens is 2. The summed E-state index contributed by atoms with van der Waals surface area (Å²) in [6.45, 7) is 1.90. The molecule has 0 aliphatic carbocycles. The van der Waals surface area contributed by atoms with E-state index in [9.17, 15) is 0 Å². The quantitative estimate of drug-likeness (QED) is 0.393. The van der Waals surface area contributed by atoms with Crippen LogP contribution >= 0.6 is 34.5 Å². The summed E-state index contributed by atoms with van der Waals surface area (Å²) in [5.74, 6) is 1.32. The number of anilines is 1. The topological polar surface area (TPSA) is 55.7 Å². The van der Waals surface area contributed by atoms with Crippen molar-refractivity contribution in [2.24, 2.45) is 5.10 Å². The van der Waals surface area contributed by atoms with Crippen molar-refractivity contribution < 1.29 is 9.47 Å². The predicted molar refractivity (Wildman–Crippen MR) is 113 cm³/mol. The predicted octanol–water partition coefficient (Wildman–Crippen LogP) is 5.97. The van der Waals surface area contributed by atoms with Crippen molar-refractivity contribution >= 4 is 45.4 Å². The Morgan fingerprint density at radius 2 is 1.85 bits per heavy atom. The normalized spacial score (nSPS) is 11.4. The first-order valence-electron chi connectivity index (χ1n) is 7.95. The van der Waals surface area contributed by atoms with Crippen LogP contribution in [0.2, 0.25) is 10.0 Å². The molecule has 3 aromatic rings. The maximum atomic E-state index is 6.24. The molecule has 0 spiro atoms. The van der Waals surface area contributed by atoms with Gasteiger partial charge in [0, 0.05) is 21.5 Å². The number of hydrogen-bond acceptors (Lipinski definition) is 6. The van der Waals surface area contributed by atoms with Crippen LogP contribution in [0.15, 0.2) is 46.9 Å². The summed E-state index contributed by atoms with van der Waals surface area (Å²) in [7, 11) is 3.21. The zero-order valence-corrected chi connectivity index (χ0v) is 17.2. The number of benzene rings is 2. The number of aromatic nitrogens is 1. The van der Waals surface area contributed by atoms with E-state index in [1.807, 2.05) is 36.6 Å². The minimum Gasteiger partial charge on any atom is -0.493 e. The van der Waals surface area contributed by atoms with Gasteiger partial charge in [-0.1, -0.05) is 23.2 Å². The fourth-order valence-corrected chi connectivity index (χ4v) is 3.56. The van der Waals surface area contributed by atoms with E-state index in [-0.39, 0.29) is 0 Å². The largest absolute Gasteiger partial charge is 0.493 e. The van der Waals surface area contributed by atoms with E-state index in [1.165, 1.54) is 11.3 Å². The van der Waals surface area contributed by atoms with Crippen LogP contribution < -0.4 is 14.9 Å². The van der Waals surface area contributed by atoms with Crippen LogP contribution in [0, 0.1) is 0 Å². The molecule has 0 radical (unpaired) electrons. The van der Waals surface area contributed by atoms with Gasteiger partial charge < -0.3 is 9.47 Å². The molecule has 8 heteroatoms. The van der Waals surface area contributed by atoms with E-state index in [1.54, 1.807) is 26.4 Å². The van der Waals surface area contributed by atoms with Crippen molar-refractivity contribution in [3.63, 3.8) is 0 Å². The number of ether oxygens (including phenoxy) is 2. The highest BCUT2D eigenvalue weighted by atomic mass is 35.5. The van der Waals surface area contributed by atoms with Crippen molar-refractivity contribution in [2.75, 3.05) is 19.6 Å². The fraction of sp³-hybridized carbons (Fsp3) is 0.158. The molecule has 0 bridgehead atoms. The molecule has 0 fully saturated rings. The van der Waals surface area contributed by atoms with Crippen LogP contribution in [-0.4, -0.2) is 24.9 Å². The smallest absolute Gasteiger partial charge is 0.203 e. The maximum absolute atomic E-state index is 6.24. The van der Waals surface area contributed by atoms with Crippen LogP contribution in [0.4, 0.5) is 5.13 Å². The van der Waals surface area contributed by atoms with Crippen LogP contribution in [0.1, 0.15) is 12.5 Å². The zero-order valence-electron chi connectivity index (χ0n) is 14.9. The second-order valence-corrected chi connectivity index (χ2v) is 7.24. The third kappa shape index (κ3) is 4.53. The SMILES string of the molecule is COc1ccc(C(C)=NNc2nc(-c3ccc(Cl)cc3Cl)cs2)cc1OC. The molecule has 0 amide bonds. The van der Waals surface area contributed by atoms with Crippen LogP contribution in [0.3, 0.4) is 0 Å². The molecule has 1 N–H and O–H groups in total. The van der Waals surface area contributed by atoms with Gasteiger partial charge in [0.2, 0.25) is 5.13 Å². The highest BCUT2D eigenvalue weighted by Crippen LogP contribution is 2.32. The lowest BCUT2D eigenvalue weighted by atomic mass is 10.1. The Kier molecular flexibility index (Phi) is 6.21. The molecule has 5 nitrogen and oxygen atoms in total. The minimum atomic E-state index is 0.560. The highest BCUT2D eigenvalue weighted by Gasteiger charge is 2.10. The molecule has 140 valence electrons. The Hall–Kier alpha value is -2.28. The van der Waals surface area contributed by atoms with Gasteiger partial charge >= 0.3 is 0 Å². The Bertz CT molecular complexity index is 989. The number of hydrazone groups is 1. The third-order valence-electron chi connectivity index (χ3n) is 3.83. The number of thiazole rings is 1. The molecule has 27 heavy (non-hydrogen) atoms. The molecular formula is C19H17Cl2N3O2S. The van der Waals surface area contributed by atoms with E-state index in [0.29, 0.717) is 26.7 Å². The van der Waals surface area contributed by atoms with Crippen molar-refractivity contribution in [1.82, 2.24) is 4.98 Å². The molecule has 1 aromatic heterocycles. The number of methoxy groups -OCH3 is 2. The van der Waals surface area contributed by atoms with E-state index < -0.39 is 0 Å². The van der Waals surface area contributed by atoms with Gasteiger partial charge in [-0.05, 0) is 43.3 Å². The van der Waals surface area contributed by atoms with E-state index in [2.05, 4.69) is 15.5 Å². The summed E-state index contributed by atoms with van der Waals surface area (Å²) in [4.78, 5) is 4.53. The lowest BCUT2D eigenvalue weighted by Gasteiger charge is -2.09. The van der Waals surface area contributed by atoms with Gasteiger partial charge in [-0.3, -0.25) is 5.43 Å². The first-order chi connectivity index (χ1) is 13.0. The van der Waals surface area contributed by atoms with Crippen molar-refractivity contribution in [1.29, 1.82) is 0 Å². The van der Waals surface area contributed by atoms with E-state index in [4.69, 9.17) is 32.7 Å². The first-order valence-corrected chi connectivity index (χ1v) is 9.59. The molecule has 3 rings (SSSR count). The summed E-state index contributed by atoms with van der Waals surface area (Å²) in [6, 6.07) is 11.0. The van der Waals surface area contributed by atoms with Gasteiger partial charge in [-0.2, -0.15) is 5.10 Å². The molecule has 2 aromatic carbocycles. The second-order valence-electron chi connectivity index (χ2n) is 5.54. The Morgan fingerprint density at radius 1 is 1.07 bits per heavy atom. The highest BCUT2D eigenvalue weighted by molar-refractivity contribution is 7.14. The van der Waals surface area contributed by atoms with Gasteiger partial charge in [0.15, 0.2) is 11.5 Å². The van der Waals surface area contributed by atoms with Gasteiger partial charge in [-0.25, -0.2) is 4.98 Å². The maximum Gasteiger partial charge on any atom is 0.203 e. The second kappa shape index (κ2) is 8.61. The standard InChI is InChI=1S/C19H17Cl2N3O2S/c1-11(12-4-7-17(25-2)18(8-12)26-3)23-24-19-22-16(10-27-19)14-6-5-13(20)9-15(14)21/h4-10H,1-3H3,(H,22,24). The molecule has 0 atom stereocenters. The molecular weight excluding hydrogens is 405 g/mol. The Balaban J connectivity index is 1.77. The van der Waals surface area contributed by atoms with Crippen LogP contribution in [0.5, 0.6) is 11.5 Å². The summed E-state index contributed by atoms with van der Waals surface area (Å²) >= 11 is 13.6. The minimum absolute atomic E-state index is 0.560. The third-order valence-corrected chi connectivity index (χ3v) is 5.13. The van der Waals surface area contributed by atoms with Gasteiger partial charge in [0.25, 0.3) is 0 Å². The number of nitrogens with zero attached hydrogens (tertiary/aromatic N) is 2. The van der Waals surface area contributed by atoms with Crippen LogP contribution in [0.25, 0.3) is 11.3 Å². The summed E-state index contributed by atoms with van der Waals surface area (Å²) in [5.41, 5.74) is 6.28. The molecule has 0 aliphatic heterocycles. The van der Waals surface area contributed by atoms with Crippen LogP contribution in [-0.2, 0) is 0 Å². The average molecular weight is 422 g/mol. The van der Waals surface area contributed by atoms with E-state index >= 15 is 0 Å². The summed E-state index contributed by atoms with van der Waals surface area (Å²) in [6.07, 6.45) is 0. The lowest BCUT2D eigenvalue weighted by Crippen LogP contribution is -2.01. The number of rotatable bonds is 6. The molecule has 1 heterocycles. The molecule has 0 unspecified atom stereocenters. The summed E-state index contributed by atoms with van der Waals surface area (Å²) < 4.78 is 10.6. The monoisotopic (exact) mass is 421 g/mol. The summed E-state index contributed by atoms with van der Waals surface area (Å²) in [5, 5.41) is 8.13. The number of nitrogens with one attached hydrogen (secondary N) is 1. The van der Waals surface area contributed by atoms with E-state index in [0.717, 1.165) is 22.5 Å². The Labute approximate surface area is 171 Å². The van der Waals surface area contributed by atoms with Crippen molar-refractivity contribution in [2.45, 2.75) is 6.92 Å². The van der Waals surface area contributed by atoms with Gasteiger partial charge in [0.1, 0.15) is 0 Å². The lowest BCUT2D eigenvalue weighted by molar-refractivity contribution is 0.355. The Morgan fingerprint density at radius 3 is 2.56 bits per heavy atom. The molecule has 0 aliphatic rings.